The molecule has 2 aromatic rings. The predicted octanol–water partition coefficient (Wildman–Crippen LogP) is 3.30. The van der Waals surface area contributed by atoms with Crippen LogP contribution in [-0.4, -0.2) is 69.2 Å². The number of hydrazone groups is 1. The Morgan fingerprint density at radius 3 is 2.39 bits per heavy atom. The van der Waals surface area contributed by atoms with Crippen LogP contribution < -0.4 is 14.8 Å². The Kier molecular flexibility index (Phi) is 6.96. The smallest absolute Gasteiger partial charge is 0.342 e. The summed E-state index contributed by atoms with van der Waals surface area (Å²) in [6.07, 6.45) is 1.93. The standard InChI is InChI=1S/C25H30N4O4/c1-17-13-20-14-22(31-3)23(32-4)15-21(20)24(27-29(17)25(30)26-2)19-7-5-18(6-8-19)16-28-9-11-33-12-10-28/h5-8,13-15H,9-12,16H2,1-4H3,(H,26,30). The number of carbonyl (C=O) groups is 1. The minimum atomic E-state index is -0.308. The second kappa shape index (κ2) is 10.1. The van der Waals surface area contributed by atoms with Gasteiger partial charge in [0.1, 0.15) is 0 Å². The van der Waals surface area contributed by atoms with Crippen LogP contribution in [0.2, 0.25) is 0 Å². The molecule has 2 amide bonds. The van der Waals surface area contributed by atoms with Crippen molar-refractivity contribution < 1.29 is 19.0 Å². The first-order chi connectivity index (χ1) is 16.0. The Hall–Kier alpha value is -3.36. The molecule has 2 aliphatic rings. The normalized spacial score (nSPS) is 16.3. The molecule has 2 heterocycles. The van der Waals surface area contributed by atoms with Gasteiger partial charge in [0.2, 0.25) is 0 Å². The molecule has 0 aromatic heterocycles. The molecule has 0 atom stereocenters. The molecule has 8 nitrogen and oxygen atoms in total. The number of benzene rings is 2. The molecule has 0 bridgehead atoms. The van der Waals surface area contributed by atoms with E-state index in [0.717, 1.165) is 49.5 Å². The molecular formula is C25H30N4O4. The Bertz CT molecular complexity index is 1070. The van der Waals surface area contributed by atoms with Gasteiger partial charge in [0.25, 0.3) is 0 Å². The second-order valence-electron chi connectivity index (χ2n) is 7.98. The molecule has 2 aromatic carbocycles. The van der Waals surface area contributed by atoms with Gasteiger partial charge < -0.3 is 19.5 Å². The minimum Gasteiger partial charge on any atom is -0.493 e. The lowest BCUT2D eigenvalue weighted by molar-refractivity contribution is 0.0342. The number of ether oxygens (including phenoxy) is 3. The Balaban J connectivity index is 1.75. The summed E-state index contributed by atoms with van der Waals surface area (Å²) in [5.41, 5.74) is 5.26. The van der Waals surface area contributed by atoms with Crippen LogP contribution >= 0.6 is 0 Å². The van der Waals surface area contributed by atoms with Gasteiger partial charge in [-0.2, -0.15) is 10.1 Å². The van der Waals surface area contributed by atoms with Gasteiger partial charge in [-0.25, -0.2) is 4.79 Å². The van der Waals surface area contributed by atoms with Gasteiger partial charge in [-0.3, -0.25) is 4.90 Å². The highest BCUT2D eigenvalue weighted by Crippen LogP contribution is 2.35. The van der Waals surface area contributed by atoms with Crippen LogP contribution in [0, 0.1) is 0 Å². The van der Waals surface area contributed by atoms with E-state index in [9.17, 15) is 4.79 Å². The molecule has 1 N–H and O–H groups in total. The number of urea groups is 1. The number of rotatable bonds is 5. The van der Waals surface area contributed by atoms with Crippen molar-refractivity contribution in [3.05, 3.63) is 64.3 Å². The van der Waals surface area contributed by atoms with E-state index in [4.69, 9.17) is 19.3 Å². The van der Waals surface area contributed by atoms with Crippen LogP contribution in [0.5, 0.6) is 11.5 Å². The summed E-state index contributed by atoms with van der Waals surface area (Å²) >= 11 is 0. The van der Waals surface area contributed by atoms with E-state index < -0.39 is 0 Å². The van der Waals surface area contributed by atoms with Gasteiger partial charge in [-0.05, 0) is 36.3 Å². The van der Waals surface area contributed by atoms with Crippen LogP contribution in [0.1, 0.15) is 29.2 Å². The van der Waals surface area contributed by atoms with Gasteiger partial charge in [-0.15, -0.1) is 0 Å². The average molecular weight is 451 g/mol. The number of nitrogens with one attached hydrogen (secondary N) is 1. The number of fused-ring (bicyclic) bond motifs is 1. The topological polar surface area (TPSA) is 75.6 Å². The maximum absolute atomic E-state index is 12.6. The quantitative estimate of drug-likeness (QED) is 0.757. The summed E-state index contributed by atoms with van der Waals surface area (Å²) in [4.78, 5) is 15.0. The van der Waals surface area contributed by atoms with E-state index in [0.29, 0.717) is 22.9 Å². The Morgan fingerprint density at radius 2 is 1.76 bits per heavy atom. The molecule has 0 unspecified atom stereocenters. The van der Waals surface area contributed by atoms with E-state index in [2.05, 4.69) is 34.5 Å². The molecular weight excluding hydrogens is 420 g/mol. The number of amides is 2. The van der Waals surface area contributed by atoms with Crippen LogP contribution in [-0.2, 0) is 11.3 Å². The second-order valence-corrected chi connectivity index (χ2v) is 7.98. The SMILES string of the molecule is CNC(=O)N1N=C(c2ccc(CN3CCOCC3)cc2)c2cc(OC)c(OC)cc2C=C1C. The fraction of sp³-hybridized carbons (Fsp3) is 0.360. The van der Waals surface area contributed by atoms with Crippen molar-refractivity contribution in [1.82, 2.24) is 15.2 Å². The van der Waals surface area contributed by atoms with Crippen molar-refractivity contribution in [3.63, 3.8) is 0 Å². The highest BCUT2D eigenvalue weighted by atomic mass is 16.5. The summed E-state index contributed by atoms with van der Waals surface area (Å²) in [6, 6.07) is 11.8. The van der Waals surface area contributed by atoms with Crippen molar-refractivity contribution in [2.75, 3.05) is 47.6 Å². The van der Waals surface area contributed by atoms with E-state index in [1.807, 2.05) is 25.1 Å². The van der Waals surface area contributed by atoms with E-state index in [-0.39, 0.29) is 6.03 Å². The molecule has 2 aliphatic heterocycles. The van der Waals surface area contributed by atoms with Crippen molar-refractivity contribution in [3.8, 4) is 11.5 Å². The lowest BCUT2D eigenvalue weighted by Gasteiger charge is -2.26. The molecule has 0 spiro atoms. The van der Waals surface area contributed by atoms with Gasteiger partial charge in [-0.1, -0.05) is 24.3 Å². The van der Waals surface area contributed by atoms with Gasteiger partial charge >= 0.3 is 6.03 Å². The number of hydrogen-bond donors (Lipinski definition) is 1. The molecule has 1 fully saturated rings. The van der Waals surface area contributed by atoms with E-state index >= 15 is 0 Å². The van der Waals surface area contributed by atoms with E-state index in [1.54, 1.807) is 21.3 Å². The minimum absolute atomic E-state index is 0.308. The zero-order valence-electron chi connectivity index (χ0n) is 19.6. The van der Waals surface area contributed by atoms with Gasteiger partial charge in [0, 0.05) is 43.5 Å². The third kappa shape index (κ3) is 4.86. The van der Waals surface area contributed by atoms with Crippen molar-refractivity contribution in [1.29, 1.82) is 0 Å². The largest absolute Gasteiger partial charge is 0.493 e. The molecule has 0 radical (unpaired) electrons. The monoisotopic (exact) mass is 450 g/mol. The Labute approximate surface area is 194 Å². The number of hydrogen-bond acceptors (Lipinski definition) is 6. The lowest BCUT2D eigenvalue weighted by atomic mass is 9.95. The molecule has 0 saturated carbocycles. The summed E-state index contributed by atoms with van der Waals surface area (Å²) in [7, 11) is 4.81. The number of carbonyl (C=O) groups excluding carboxylic acids is 1. The number of methoxy groups -OCH3 is 2. The van der Waals surface area contributed by atoms with Crippen LogP contribution in [0.15, 0.2) is 47.2 Å². The number of nitrogens with zero attached hydrogens (tertiary/aromatic N) is 3. The van der Waals surface area contributed by atoms with Crippen LogP contribution in [0.4, 0.5) is 4.79 Å². The van der Waals surface area contributed by atoms with Crippen molar-refractivity contribution in [2.45, 2.75) is 13.5 Å². The summed E-state index contributed by atoms with van der Waals surface area (Å²) in [5.74, 6) is 1.22. The third-order valence-electron chi connectivity index (χ3n) is 5.85. The maximum atomic E-state index is 12.6. The fourth-order valence-corrected chi connectivity index (χ4v) is 4.05. The molecule has 33 heavy (non-hydrogen) atoms. The highest BCUT2D eigenvalue weighted by Gasteiger charge is 2.24. The van der Waals surface area contributed by atoms with E-state index in [1.165, 1.54) is 10.6 Å². The summed E-state index contributed by atoms with van der Waals surface area (Å²) in [6.45, 7) is 6.17. The van der Waals surface area contributed by atoms with Crippen molar-refractivity contribution >= 4 is 17.8 Å². The number of allylic oxidation sites excluding steroid dienone is 1. The first-order valence-electron chi connectivity index (χ1n) is 11.0. The molecule has 174 valence electrons. The zero-order chi connectivity index (χ0) is 23.4. The molecule has 0 aliphatic carbocycles. The molecule has 1 saturated heterocycles. The molecule has 8 heteroatoms. The van der Waals surface area contributed by atoms with Gasteiger partial charge in [0.05, 0.1) is 33.1 Å². The summed E-state index contributed by atoms with van der Waals surface area (Å²) < 4.78 is 16.5. The zero-order valence-corrected chi connectivity index (χ0v) is 19.6. The third-order valence-corrected chi connectivity index (χ3v) is 5.85. The van der Waals surface area contributed by atoms with Crippen LogP contribution in [0.25, 0.3) is 6.08 Å². The van der Waals surface area contributed by atoms with Gasteiger partial charge in [0.15, 0.2) is 11.5 Å². The lowest BCUT2D eigenvalue weighted by Crippen LogP contribution is -2.35. The van der Waals surface area contributed by atoms with Crippen molar-refractivity contribution in [2.24, 2.45) is 5.10 Å². The predicted molar refractivity (Wildman–Crippen MR) is 128 cm³/mol. The maximum Gasteiger partial charge on any atom is 0.342 e. The molecule has 4 rings (SSSR count). The first-order valence-corrected chi connectivity index (χ1v) is 11.0. The fourth-order valence-electron chi connectivity index (χ4n) is 4.05. The summed E-state index contributed by atoms with van der Waals surface area (Å²) in [5, 5.41) is 8.81. The number of morpholine rings is 1. The highest BCUT2D eigenvalue weighted by molar-refractivity contribution is 6.16. The first kappa shape index (κ1) is 22.8. The van der Waals surface area contributed by atoms with Crippen LogP contribution in [0.3, 0.4) is 0 Å². The Morgan fingerprint density at radius 1 is 1.09 bits per heavy atom. The average Bonchev–Trinajstić information content (AvgIpc) is 2.99.